The summed E-state index contributed by atoms with van der Waals surface area (Å²) in [4.78, 5) is 20.1. The second-order valence-electron chi connectivity index (χ2n) is 10.4. The van der Waals surface area contributed by atoms with Gasteiger partial charge in [0.05, 0.1) is 11.7 Å². The average molecular weight is 555 g/mol. The van der Waals surface area contributed by atoms with Crippen molar-refractivity contribution in [1.29, 1.82) is 0 Å². The van der Waals surface area contributed by atoms with E-state index in [-0.39, 0.29) is 42.8 Å². The van der Waals surface area contributed by atoms with Gasteiger partial charge in [-0.25, -0.2) is 22.9 Å². The van der Waals surface area contributed by atoms with E-state index >= 15 is 0 Å². The van der Waals surface area contributed by atoms with E-state index < -0.39 is 29.8 Å². The maximum Gasteiger partial charge on any atom is 0.318 e. The Balaban J connectivity index is 1.64. The van der Waals surface area contributed by atoms with Crippen LogP contribution in [0.2, 0.25) is 0 Å². The molecule has 2 aromatic carbocycles. The molecule has 0 spiro atoms. The Bertz CT molecular complexity index is 1280. The highest BCUT2D eigenvalue weighted by Gasteiger charge is 2.40. The molecule has 213 valence electrons. The Kier molecular flexibility index (Phi) is 9.06. The Morgan fingerprint density at radius 3 is 2.65 bits per heavy atom. The number of aromatic nitrogens is 2. The number of carbonyl (C=O) groups excluding carboxylic acids is 1. The second kappa shape index (κ2) is 12.9. The number of ether oxygens (including phenoxy) is 1. The van der Waals surface area contributed by atoms with E-state index in [0.717, 1.165) is 23.8 Å². The Labute approximate surface area is 232 Å². The third-order valence-electron chi connectivity index (χ3n) is 7.75. The molecule has 3 heterocycles. The molecule has 3 atom stereocenters. The number of halogens is 3. The standard InChI is InChI=1S/C30H35F3N5O2/c1-2-35-30(39)38(18-22-15-34-16-26(22)33)28(21-10-12-40-13-11-21)29-36-27(24-14-23(31)8-9-25(24)32)19-37(29)17-20-6-4-3-5-7-20/h3-9,14,19,21-22,26,28,34H,1-2,10-13,15-18H2,(H,35,39)/t22-,26-,28?/m0/s1. The lowest BCUT2D eigenvalue weighted by Gasteiger charge is -2.39. The van der Waals surface area contributed by atoms with Crippen molar-refractivity contribution in [1.82, 2.24) is 25.1 Å². The molecule has 2 aliphatic rings. The van der Waals surface area contributed by atoms with E-state index in [4.69, 9.17) is 9.72 Å². The predicted molar refractivity (Wildman–Crippen MR) is 146 cm³/mol. The number of benzene rings is 2. The van der Waals surface area contributed by atoms with Gasteiger partial charge in [-0.3, -0.25) is 0 Å². The van der Waals surface area contributed by atoms with Gasteiger partial charge in [0.15, 0.2) is 0 Å². The maximum absolute atomic E-state index is 14.9. The summed E-state index contributed by atoms with van der Waals surface area (Å²) < 4.78 is 51.5. The smallest absolute Gasteiger partial charge is 0.318 e. The summed E-state index contributed by atoms with van der Waals surface area (Å²) in [6.45, 7) is 6.24. The number of imidazole rings is 1. The molecule has 0 aliphatic carbocycles. The van der Waals surface area contributed by atoms with Crippen LogP contribution in [0.3, 0.4) is 0 Å². The maximum atomic E-state index is 14.9. The zero-order valence-corrected chi connectivity index (χ0v) is 22.4. The van der Waals surface area contributed by atoms with Crippen molar-refractivity contribution >= 4 is 6.03 Å². The molecule has 7 nitrogen and oxygen atoms in total. The van der Waals surface area contributed by atoms with Gasteiger partial charge in [0, 0.05) is 63.6 Å². The molecular formula is C30H35F3N5O2. The number of amides is 2. The number of urea groups is 1. The van der Waals surface area contributed by atoms with Gasteiger partial charge < -0.3 is 24.8 Å². The summed E-state index contributed by atoms with van der Waals surface area (Å²) in [7, 11) is 0. The van der Waals surface area contributed by atoms with Crippen LogP contribution in [0.25, 0.3) is 11.3 Å². The summed E-state index contributed by atoms with van der Waals surface area (Å²) in [5.41, 5.74) is 1.29. The highest BCUT2D eigenvalue weighted by molar-refractivity contribution is 5.75. The largest absolute Gasteiger partial charge is 0.381 e. The second-order valence-corrected chi connectivity index (χ2v) is 10.4. The zero-order chi connectivity index (χ0) is 28.1. The molecule has 0 bridgehead atoms. The van der Waals surface area contributed by atoms with E-state index in [2.05, 4.69) is 17.6 Å². The van der Waals surface area contributed by atoms with Crippen LogP contribution in [0.1, 0.15) is 30.3 Å². The first-order valence-electron chi connectivity index (χ1n) is 13.8. The van der Waals surface area contributed by atoms with Crippen molar-refractivity contribution in [3.63, 3.8) is 0 Å². The number of hydrogen-bond donors (Lipinski definition) is 2. The molecule has 0 saturated carbocycles. The van der Waals surface area contributed by atoms with Gasteiger partial charge in [-0.2, -0.15) is 0 Å². The fourth-order valence-electron chi connectivity index (χ4n) is 5.70. The summed E-state index contributed by atoms with van der Waals surface area (Å²) in [5.74, 6) is -1.07. The first-order valence-corrected chi connectivity index (χ1v) is 13.8. The van der Waals surface area contributed by atoms with Crippen LogP contribution in [-0.2, 0) is 11.3 Å². The molecule has 1 aromatic heterocycles. The van der Waals surface area contributed by atoms with E-state index in [1.54, 1.807) is 11.1 Å². The van der Waals surface area contributed by atoms with Crippen molar-refractivity contribution in [2.24, 2.45) is 11.8 Å². The van der Waals surface area contributed by atoms with Crippen molar-refractivity contribution in [2.75, 3.05) is 39.4 Å². The summed E-state index contributed by atoms with van der Waals surface area (Å²) >= 11 is 0. The van der Waals surface area contributed by atoms with Gasteiger partial charge in [-0.15, -0.1) is 0 Å². The Morgan fingerprint density at radius 1 is 1.18 bits per heavy atom. The average Bonchev–Trinajstić information content (AvgIpc) is 3.56. The molecule has 2 N–H and O–H groups in total. The number of nitrogens with one attached hydrogen (secondary N) is 2. The Morgan fingerprint density at radius 2 is 1.95 bits per heavy atom. The lowest BCUT2D eigenvalue weighted by molar-refractivity contribution is 0.0260. The lowest BCUT2D eigenvalue weighted by Crippen LogP contribution is -2.49. The monoisotopic (exact) mass is 554 g/mol. The van der Waals surface area contributed by atoms with Crippen molar-refractivity contribution in [3.05, 3.63) is 84.7 Å². The predicted octanol–water partition coefficient (Wildman–Crippen LogP) is 4.75. The first kappa shape index (κ1) is 28.2. The van der Waals surface area contributed by atoms with Gasteiger partial charge in [-0.1, -0.05) is 30.3 Å². The van der Waals surface area contributed by atoms with Gasteiger partial charge >= 0.3 is 6.03 Å². The minimum atomic E-state index is -1.09. The fraction of sp³-hybridized carbons (Fsp3) is 0.433. The SMILES string of the molecule is [CH2]CNC(=O)N(C[C@@H]1CNC[C@@H]1F)C(c1nc(-c2cc(F)ccc2F)cn1Cc1ccccc1)C1CCOCC1. The van der Waals surface area contributed by atoms with Crippen LogP contribution < -0.4 is 10.6 Å². The minimum Gasteiger partial charge on any atom is -0.381 e. The molecule has 40 heavy (non-hydrogen) atoms. The van der Waals surface area contributed by atoms with Crippen molar-refractivity contribution in [3.8, 4) is 11.3 Å². The number of hydrogen-bond acceptors (Lipinski definition) is 4. The van der Waals surface area contributed by atoms with Crippen LogP contribution in [0.15, 0.2) is 54.7 Å². The van der Waals surface area contributed by atoms with Crippen molar-refractivity contribution < 1.29 is 22.7 Å². The van der Waals surface area contributed by atoms with Crippen LogP contribution in [0.5, 0.6) is 0 Å². The third kappa shape index (κ3) is 6.33. The normalized spacial score (nSPS) is 20.4. The van der Waals surface area contributed by atoms with E-state index in [1.165, 1.54) is 0 Å². The van der Waals surface area contributed by atoms with Gasteiger partial charge in [0.2, 0.25) is 0 Å². The van der Waals surface area contributed by atoms with Crippen LogP contribution in [-0.4, -0.2) is 66.0 Å². The van der Waals surface area contributed by atoms with Gasteiger partial charge in [0.25, 0.3) is 0 Å². The number of alkyl halides is 1. The third-order valence-corrected chi connectivity index (χ3v) is 7.75. The molecule has 2 amide bonds. The van der Waals surface area contributed by atoms with E-state index in [1.807, 2.05) is 34.9 Å². The highest BCUT2D eigenvalue weighted by Crippen LogP contribution is 2.38. The molecule has 3 aromatic rings. The molecule has 5 rings (SSSR count). The quantitative estimate of drug-likeness (QED) is 0.401. The van der Waals surface area contributed by atoms with Crippen LogP contribution >= 0.6 is 0 Å². The molecule has 1 radical (unpaired) electrons. The topological polar surface area (TPSA) is 71.4 Å². The fourth-order valence-corrected chi connectivity index (χ4v) is 5.70. The summed E-state index contributed by atoms with van der Waals surface area (Å²) in [6.07, 6.45) is 1.95. The molecule has 1 unspecified atom stereocenters. The van der Waals surface area contributed by atoms with E-state index in [9.17, 15) is 18.0 Å². The van der Waals surface area contributed by atoms with Crippen LogP contribution in [0, 0.1) is 30.4 Å². The molecule has 2 aliphatic heterocycles. The highest BCUT2D eigenvalue weighted by atomic mass is 19.1. The van der Waals surface area contributed by atoms with Crippen LogP contribution in [0.4, 0.5) is 18.0 Å². The van der Waals surface area contributed by atoms with Crippen molar-refractivity contribution in [2.45, 2.75) is 31.6 Å². The zero-order valence-electron chi connectivity index (χ0n) is 22.4. The number of rotatable bonds is 9. The van der Waals surface area contributed by atoms with E-state index in [0.29, 0.717) is 45.0 Å². The summed E-state index contributed by atoms with van der Waals surface area (Å²) in [5, 5.41) is 5.88. The van der Waals surface area contributed by atoms with Gasteiger partial charge in [-0.05, 0) is 49.4 Å². The molecule has 2 fully saturated rings. The lowest BCUT2D eigenvalue weighted by atomic mass is 9.89. The van der Waals surface area contributed by atoms with Gasteiger partial charge in [0.1, 0.15) is 23.6 Å². The number of nitrogens with zero attached hydrogens (tertiary/aromatic N) is 3. The summed E-state index contributed by atoms with van der Waals surface area (Å²) in [6, 6.07) is 12.1. The minimum absolute atomic E-state index is 0.0383. The number of carbonyl (C=O) groups is 1. The molecular weight excluding hydrogens is 519 g/mol. The Hall–Kier alpha value is -3.37. The molecule has 10 heteroatoms. The molecule has 2 saturated heterocycles. The first-order chi connectivity index (χ1) is 19.4.